The number of sulfone groups is 1. The van der Waals surface area contributed by atoms with Gasteiger partial charge >= 0.3 is 0 Å². The molecule has 0 spiro atoms. The van der Waals surface area contributed by atoms with E-state index in [-0.39, 0.29) is 23.0 Å². The second-order valence-electron chi connectivity index (χ2n) is 6.99. The summed E-state index contributed by atoms with van der Waals surface area (Å²) in [5.74, 6) is -0.321. The van der Waals surface area contributed by atoms with Gasteiger partial charge in [0.15, 0.2) is 9.84 Å². The molecule has 0 heterocycles. The number of hydrogen-bond donors (Lipinski definition) is 0. The molecule has 6 heteroatoms. The molecule has 146 valence electrons. The highest BCUT2D eigenvalue weighted by Crippen LogP contribution is 2.14. The normalized spacial score (nSPS) is 11.6. The highest BCUT2D eigenvalue weighted by atomic mass is 32.2. The molecule has 0 bridgehead atoms. The lowest BCUT2D eigenvalue weighted by atomic mass is 10.2. The number of amides is 1. The van der Waals surface area contributed by atoms with E-state index in [1.807, 2.05) is 56.3 Å². The maximum absolute atomic E-state index is 12.7. The lowest BCUT2D eigenvalue weighted by Crippen LogP contribution is -2.37. The van der Waals surface area contributed by atoms with Gasteiger partial charge in [-0.25, -0.2) is 8.42 Å². The fraction of sp³-hybridized carbons (Fsp3) is 0.381. The Kier molecular flexibility index (Phi) is 7.56. The Bertz CT molecular complexity index is 831. The van der Waals surface area contributed by atoms with E-state index in [2.05, 4.69) is 0 Å². The third kappa shape index (κ3) is 6.81. The summed E-state index contributed by atoms with van der Waals surface area (Å²) in [6.45, 7) is 3.68. The van der Waals surface area contributed by atoms with Gasteiger partial charge in [-0.05, 0) is 38.7 Å². The molecule has 2 aromatic rings. The van der Waals surface area contributed by atoms with Gasteiger partial charge in [-0.2, -0.15) is 0 Å². The zero-order valence-electron chi connectivity index (χ0n) is 16.3. The fourth-order valence-corrected chi connectivity index (χ4v) is 3.89. The van der Waals surface area contributed by atoms with Crippen LogP contribution in [-0.2, 0) is 21.2 Å². The first-order valence-corrected chi connectivity index (χ1v) is 10.7. The van der Waals surface area contributed by atoms with Gasteiger partial charge in [0.1, 0.15) is 0 Å². The van der Waals surface area contributed by atoms with E-state index in [4.69, 9.17) is 0 Å². The molecule has 0 saturated heterocycles. The highest BCUT2D eigenvalue weighted by molar-refractivity contribution is 7.91. The molecule has 2 rings (SSSR count). The van der Waals surface area contributed by atoms with Gasteiger partial charge in [0.2, 0.25) is 5.91 Å². The van der Waals surface area contributed by atoms with Crippen LogP contribution in [0.3, 0.4) is 0 Å². The monoisotopic (exact) mass is 388 g/mol. The van der Waals surface area contributed by atoms with Crippen molar-refractivity contribution in [2.45, 2.75) is 24.8 Å². The van der Waals surface area contributed by atoms with Gasteiger partial charge in [-0.3, -0.25) is 4.79 Å². The molecule has 0 fully saturated rings. The van der Waals surface area contributed by atoms with Crippen LogP contribution in [0.5, 0.6) is 0 Å². The van der Waals surface area contributed by atoms with Crippen molar-refractivity contribution in [2.24, 2.45) is 0 Å². The van der Waals surface area contributed by atoms with Crippen LogP contribution >= 0.6 is 0 Å². The van der Waals surface area contributed by atoms with Gasteiger partial charge in [-0.15, -0.1) is 0 Å². The highest BCUT2D eigenvalue weighted by Gasteiger charge is 2.20. The predicted molar refractivity (Wildman–Crippen MR) is 108 cm³/mol. The minimum atomic E-state index is -3.47. The average Bonchev–Trinajstić information content (AvgIpc) is 2.64. The Balaban J connectivity index is 2.04. The van der Waals surface area contributed by atoms with E-state index in [0.717, 1.165) is 17.7 Å². The first-order chi connectivity index (χ1) is 12.8. The van der Waals surface area contributed by atoms with Crippen LogP contribution in [-0.4, -0.2) is 57.1 Å². The second-order valence-corrected chi connectivity index (χ2v) is 9.10. The molecule has 0 aliphatic carbocycles. The Morgan fingerprint density at radius 3 is 2.15 bits per heavy atom. The average molecular weight is 389 g/mol. The van der Waals surface area contributed by atoms with Crippen molar-refractivity contribution in [3.05, 3.63) is 65.7 Å². The van der Waals surface area contributed by atoms with E-state index in [9.17, 15) is 13.2 Å². The van der Waals surface area contributed by atoms with E-state index < -0.39 is 9.84 Å². The van der Waals surface area contributed by atoms with Crippen molar-refractivity contribution in [3.8, 4) is 0 Å². The molecule has 0 aliphatic rings. The topological polar surface area (TPSA) is 57.7 Å². The van der Waals surface area contributed by atoms with Crippen LogP contribution in [0.15, 0.2) is 59.5 Å². The van der Waals surface area contributed by atoms with Gasteiger partial charge in [0, 0.05) is 26.1 Å². The lowest BCUT2D eigenvalue weighted by molar-refractivity contribution is -0.131. The number of hydrogen-bond acceptors (Lipinski definition) is 4. The smallest absolute Gasteiger partial charge is 0.223 e. The standard InChI is InChI=1S/C21H28N2O3S/c1-18-9-11-20(12-10-18)27(25,26)16-13-21(24)23(15-14-22(2)3)17-19-7-5-4-6-8-19/h4-12H,13-17H2,1-3H3. The number of benzene rings is 2. The Morgan fingerprint density at radius 2 is 1.56 bits per heavy atom. The summed E-state index contributed by atoms with van der Waals surface area (Å²) in [4.78, 5) is 16.7. The van der Waals surface area contributed by atoms with Crippen LogP contribution in [0.4, 0.5) is 0 Å². The Labute approximate surface area is 162 Å². The van der Waals surface area contributed by atoms with Gasteiger partial charge in [0.25, 0.3) is 0 Å². The zero-order valence-corrected chi connectivity index (χ0v) is 17.1. The number of rotatable bonds is 9. The summed E-state index contributed by atoms with van der Waals surface area (Å²) in [6, 6.07) is 16.5. The first kappa shape index (κ1) is 21.1. The zero-order chi connectivity index (χ0) is 19.9. The summed E-state index contributed by atoms with van der Waals surface area (Å²) in [5.41, 5.74) is 2.04. The minimum Gasteiger partial charge on any atom is -0.337 e. The fourth-order valence-electron chi connectivity index (χ4n) is 2.66. The van der Waals surface area contributed by atoms with Gasteiger partial charge in [0.05, 0.1) is 10.6 Å². The number of aryl methyl sites for hydroxylation is 1. The van der Waals surface area contributed by atoms with Crippen LogP contribution in [0.1, 0.15) is 17.5 Å². The Hall–Kier alpha value is -2.18. The minimum absolute atomic E-state index is 0.0174. The van der Waals surface area contributed by atoms with Crippen molar-refractivity contribution >= 4 is 15.7 Å². The van der Waals surface area contributed by atoms with Crippen LogP contribution < -0.4 is 0 Å². The van der Waals surface area contributed by atoms with Crippen molar-refractivity contribution in [3.63, 3.8) is 0 Å². The molecule has 27 heavy (non-hydrogen) atoms. The molecule has 2 aromatic carbocycles. The van der Waals surface area contributed by atoms with Crippen molar-refractivity contribution in [1.82, 2.24) is 9.80 Å². The predicted octanol–water partition coefficient (Wildman–Crippen LogP) is 2.75. The molecule has 0 aliphatic heterocycles. The van der Waals surface area contributed by atoms with E-state index in [0.29, 0.717) is 13.1 Å². The third-order valence-corrected chi connectivity index (χ3v) is 6.08. The van der Waals surface area contributed by atoms with Gasteiger partial charge < -0.3 is 9.80 Å². The molecule has 5 nitrogen and oxygen atoms in total. The largest absolute Gasteiger partial charge is 0.337 e. The van der Waals surface area contributed by atoms with Crippen molar-refractivity contribution in [2.75, 3.05) is 32.9 Å². The first-order valence-electron chi connectivity index (χ1n) is 9.04. The SMILES string of the molecule is Cc1ccc(S(=O)(=O)CCC(=O)N(CCN(C)C)Cc2ccccc2)cc1. The summed E-state index contributed by atoms with van der Waals surface area (Å²) in [5, 5.41) is 0. The van der Waals surface area contributed by atoms with Crippen molar-refractivity contribution < 1.29 is 13.2 Å². The van der Waals surface area contributed by atoms with Crippen molar-refractivity contribution in [1.29, 1.82) is 0 Å². The lowest BCUT2D eigenvalue weighted by Gasteiger charge is -2.24. The Morgan fingerprint density at radius 1 is 0.926 bits per heavy atom. The van der Waals surface area contributed by atoms with Gasteiger partial charge in [-0.1, -0.05) is 48.0 Å². The molecule has 0 radical (unpaired) electrons. The maximum atomic E-state index is 12.7. The molecular weight excluding hydrogens is 360 g/mol. The number of nitrogens with zero attached hydrogens (tertiary/aromatic N) is 2. The number of carbonyl (C=O) groups excluding carboxylic acids is 1. The molecule has 0 N–H and O–H groups in total. The quantitative estimate of drug-likeness (QED) is 0.663. The van der Waals surface area contributed by atoms with Crippen LogP contribution in [0.25, 0.3) is 0 Å². The summed E-state index contributed by atoms with van der Waals surface area (Å²) >= 11 is 0. The molecule has 0 atom stereocenters. The van der Waals surface area contributed by atoms with E-state index in [1.165, 1.54) is 0 Å². The van der Waals surface area contributed by atoms with Crippen LogP contribution in [0.2, 0.25) is 0 Å². The molecule has 0 unspecified atom stereocenters. The maximum Gasteiger partial charge on any atom is 0.223 e. The van der Waals surface area contributed by atoms with Crippen LogP contribution in [0, 0.1) is 6.92 Å². The summed E-state index contributed by atoms with van der Waals surface area (Å²) in [7, 11) is 0.435. The number of likely N-dealkylation sites (N-methyl/N-ethyl adjacent to an activating group) is 1. The number of carbonyl (C=O) groups is 1. The van der Waals surface area contributed by atoms with E-state index in [1.54, 1.807) is 29.2 Å². The summed E-state index contributed by atoms with van der Waals surface area (Å²) in [6.07, 6.45) is -0.0174. The van der Waals surface area contributed by atoms with E-state index >= 15 is 0 Å². The molecule has 0 aromatic heterocycles. The molecular formula is C21H28N2O3S. The second kappa shape index (κ2) is 9.67. The summed E-state index contributed by atoms with van der Waals surface area (Å²) < 4.78 is 25.0. The molecule has 0 saturated carbocycles. The molecule has 1 amide bonds. The third-order valence-electron chi connectivity index (χ3n) is 4.35.